The molecule has 0 bridgehead atoms. The third-order valence-corrected chi connectivity index (χ3v) is 2.58. The third kappa shape index (κ3) is 1.21. The Hall–Kier alpha value is -0.940. The molecule has 2 rings (SSSR count). The van der Waals surface area contributed by atoms with Gasteiger partial charge in [0.15, 0.2) is 5.82 Å². The zero-order valence-electron chi connectivity index (χ0n) is 6.33. The molecule has 0 spiro atoms. The number of aryl methyl sites for hydroxylation is 1. The van der Waals surface area contributed by atoms with Crippen LogP contribution >= 0.6 is 23.6 Å². The molecule has 1 N–H and O–H groups in total. The predicted molar refractivity (Wildman–Crippen MR) is 49.7 cm³/mol. The third-order valence-electron chi connectivity index (χ3n) is 1.55. The quantitative estimate of drug-likeness (QED) is 0.716. The van der Waals surface area contributed by atoms with Crippen molar-refractivity contribution >= 4 is 23.6 Å². The summed E-state index contributed by atoms with van der Waals surface area (Å²) in [6, 6.07) is 0. The summed E-state index contributed by atoms with van der Waals surface area (Å²) in [5, 5.41) is 6.73. The van der Waals surface area contributed by atoms with Crippen molar-refractivity contribution in [3.8, 4) is 11.4 Å². The molecule has 0 saturated carbocycles. The first-order valence-corrected chi connectivity index (χ1v) is 4.71. The van der Waals surface area contributed by atoms with Gasteiger partial charge in [-0.25, -0.2) is 5.16 Å². The van der Waals surface area contributed by atoms with Gasteiger partial charge in [0.2, 0.25) is 0 Å². The van der Waals surface area contributed by atoms with Crippen LogP contribution in [0.25, 0.3) is 11.4 Å². The van der Waals surface area contributed by atoms with Gasteiger partial charge in [-0.3, -0.25) is 0 Å². The van der Waals surface area contributed by atoms with E-state index >= 15 is 0 Å². The maximum Gasteiger partial charge on any atom is 0.314 e. The van der Waals surface area contributed by atoms with Crippen LogP contribution in [0.15, 0.2) is 15.3 Å². The van der Waals surface area contributed by atoms with Crippen molar-refractivity contribution in [2.45, 2.75) is 6.92 Å². The van der Waals surface area contributed by atoms with Gasteiger partial charge in [0, 0.05) is 10.9 Å². The molecular weight excluding hydrogens is 192 g/mol. The SMILES string of the molecule is Cc1cscc1-c1nc(=S)o[nH]1. The predicted octanol–water partition coefficient (Wildman–Crippen LogP) is 2.77. The van der Waals surface area contributed by atoms with Crippen LogP contribution in [0.3, 0.4) is 0 Å². The number of H-pyrrole nitrogens is 1. The Bertz CT molecular complexity index is 440. The lowest BCUT2D eigenvalue weighted by Gasteiger charge is -1.89. The molecule has 0 saturated heterocycles. The topological polar surface area (TPSA) is 41.8 Å². The highest BCUT2D eigenvalue weighted by Gasteiger charge is 2.05. The first kappa shape index (κ1) is 7.70. The molecule has 5 heteroatoms. The summed E-state index contributed by atoms with van der Waals surface area (Å²) in [5.41, 5.74) is 2.24. The number of rotatable bonds is 1. The lowest BCUT2D eigenvalue weighted by Crippen LogP contribution is -1.78. The molecule has 0 aromatic carbocycles. The number of nitrogens with zero attached hydrogens (tertiary/aromatic N) is 1. The van der Waals surface area contributed by atoms with E-state index in [1.807, 2.05) is 12.3 Å². The molecule has 2 heterocycles. The molecule has 12 heavy (non-hydrogen) atoms. The van der Waals surface area contributed by atoms with E-state index in [9.17, 15) is 0 Å². The minimum absolute atomic E-state index is 0.246. The number of hydrogen-bond donors (Lipinski definition) is 1. The molecule has 62 valence electrons. The van der Waals surface area contributed by atoms with Crippen molar-refractivity contribution in [1.82, 2.24) is 10.1 Å². The lowest BCUT2D eigenvalue weighted by molar-refractivity contribution is 0.406. The van der Waals surface area contributed by atoms with Gasteiger partial charge in [0.25, 0.3) is 0 Å². The van der Waals surface area contributed by atoms with E-state index in [2.05, 4.69) is 15.5 Å². The van der Waals surface area contributed by atoms with E-state index in [1.54, 1.807) is 11.3 Å². The molecule has 0 amide bonds. The molecule has 0 aliphatic heterocycles. The van der Waals surface area contributed by atoms with Gasteiger partial charge in [0.05, 0.1) is 0 Å². The van der Waals surface area contributed by atoms with Gasteiger partial charge < -0.3 is 4.52 Å². The van der Waals surface area contributed by atoms with Crippen molar-refractivity contribution < 1.29 is 4.52 Å². The van der Waals surface area contributed by atoms with E-state index in [4.69, 9.17) is 16.7 Å². The van der Waals surface area contributed by atoms with Gasteiger partial charge in [-0.2, -0.15) is 16.3 Å². The summed E-state index contributed by atoms with van der Waals surface area (Å²) in [6.45, 7) is 2.03. The average molecular weight is 198 g/mol. The van der Waals surface area contributed by atoms with Crippen LogP contribution in [0, 0.1) is 11.8 Å². The van der Waals surface area contributed by atoms with E-state index < -0.39 is 0 Å². The second-order valence-electron chi connectivity index (χ2n) is 2.40. The molecular formula is C7H6N2OS2. The molecule has 0 unspecified atom stereocenters. The Balaban J connectivity index is 2.57. The normalized spacial score (nSPS) is 10.4. The number of hydrogen-bond acceptors (Lipinski definition) is 4. The van der Waals surface area contributed by atoms with Gasteiger partial charge in [0.1, 0.15) is 0 Å². The van der Waals surface area contributed by atoms with Crippen molar-refractivity contribution in [2.75, 3.05) is 0 Å². The lowest BCUT2D eigenvalue weighted by atomic mass is 10.2. The van der Waals surface area contributed by atoms with E-state index in [-0.39, 0.29) is 4.84 Å². The van der Waals surface area contributed by atoms with Gasteiger partial charge >= 0.3 is 4.84 Å². The Morgan fingerprint density at radius 3 is 2.92 bits per heavy atom. The molecule has 2 aromatic rings. The van der Waals surface area contributed by atoms with Crippen molar-refractivity contribution in [2.24, 2.45) is 0 Å². The van der Waals surface area contributed by atoms with Crippen LogP contribution in [-0.4, -0.2) is 10.1 Å². The van der Waals surface area contributed by atoms with Gasteiger partial charge in [-0.15, -0.1) is 0 Å². The van der Waals surface area contributed by atoms with Crippen molar-refractivity contribution in [3.05, 3.63) is 21.2 Å². The minimum atomic E-state index is 0.246. The summed E-state index contributed by atoms with van der Waals surface area (Å²) < 4.78 is 4.83. The molecule has 0 aliphatic rings. The van der Waals surface area contributed by atoms with Crippen LogP contribution in [-0.2, 0) is 0 Å². The first-order valence-electron chi connectivity index (χ1n) is 3.36. The van der Waals surface area contributed by atoms with Crippen LogP contribution in [0.1, 0.15) is 5.56 Å². The Morgan fingerprint density at radius 2 is 2.42 bits per heavy atom. The largest absolute Gasteiger partial charge is 0.348 e. The number of aromatic nitrogens is 2. The Kier molecular flexibility index (Phi) is 1.82. The van der Waals surface area contributed by atoms with Crippen molar-refractivity contribution in [3.63, 3.8) is 0 Å². The molecule has 0 radical (unpaired) electrons. The van der Waals surface area contributed by atoms with Crippen LogP contribution in [0.4, 0.5) is 0 Å². The number of thiophene rings is 1. The van der Waals surface area contributed by atoms with E-state index in [0.717, 1.165) is 5.56 Å². The zero-order valence-corrected chi connectivity index (χ0v) is 7.96. The average Bonchev–Trinajstić information content (AvgIpc) is 2.58. The fourth-order valence-electron chi connectivity index (χ4n) is 0.947. The van der Waals surface area contributed by atoms with E-state index in [0.29, 0.717) is 5.82 Å². The molecule has 0 aliphatic carbocycles. The van der Waals surface area contributed by atoms with Crippen LogP contribution in [0.2, 0.25) is 0 Å². The zero-order chi connectivity index (χ0) is 8.55. The summed E-state index contributed by atoms with van der Waals surface area (Å²) in [5.74, 6) is 0.707. The Morgan fingerprint density at radius 1 is 1.58 bits per heavy atom. The smallest absolute Gasteiger partial charge is 0.314 e. The monoisotopic (exact) mass is 198 g/mol. The summed E-state index contributed by atoms with van der Waals surface area (Å²) in [7, 11) is 0. The van der Waals surface area contributed by atoms with Crippen LogP contribution < -0.4 is 0 Å². The fraction of sp³-hybridized carbons (Fsp3) is 0.143. The Labute approximate surface area is 78.0 Å². The number of nitrogens with one attached hydrogen (secondary N) is 1. The van der Waals surface area contributed by atoms with E-state index in [1.165, 1.54) is 5.56 Å². The molecule has 0 fully saturated rings. The molecule has 0 atom stereocenters. The summed E-state index contributed by atoms with van der Waals surface area (Å²) >= 11 is 6.38. The first-order chi connectivity index (χ1) is 5.77. The van der Waals surface area contributed by atoms with Crippen molar-refractivity contribution in [1.29, 1.82) is 0 Å². The highest BCUT2D eigenvalue weighted by atomic mass is 32.1. The van der Waals surface area contributed by atoms with Gasteiger partial charge in [-0.05, 0) is 30.1 Å². The summed E-state index contributed by atoms with van der Waals surface area (Å²) in [4.78, 5) is 4.26. The highest BCUT2D eigenvalue weighted by molar-refractivity contribution is 7.71. The summed E-state index contributed by atoms with van der Waals surface area (Å²) in [6.07, 6.45) is 0. The maximum absolute atomic E-state index is 4.83. The fourth-order valence-corrected chi connectivity index (χ4v) is 1.91. The minimum Gasteiger partial charge on any atom is -0.348 e. The maximum atomic E-state index is 4.83. The second-order valence-corrected chi connectivity index (χ2v) is 3.49. The molecule has 3 nitrogen and oxygen atoms in total. The highest BCUT2D eigenvalue weighted by Crippen LogP contribution is 2.23. The number of aromatic amines is 1. The molecule has 2 aromatic heterocycles. The standard InChI is InChI=1S/C7H6N2OS2/c1-4-2-12-3-5(4)6-8-7(11)10-9-6/h2-3H,1H3,(H,8,9,11). The van der Waals surface area contributed by atoms with Crippen LogP contribution in [0.5, 0.6) is 0 Å². The second kappa shape index (κ2) is 2.84. The van der Waals surface area contributed by atoms with Gasteiger partial charge in [-0.1, -0.05) is 0 Å².